The van der Waals surface area contributed by atoms with Crippen LogP contribution >= 0.6 is 15.9 Å². The molecular formula is C28H31BrN2O4S. The topological polar surface area (TPSA) is 75.7 Å². The number of nitrogens with zero attached hydrogens (tertiary/aromatic N) is 1. The van der Waals surface area contributed by atoms with Crippen molar-refractivity contribution in [1.82, 2.24) is 5.32 Å². The molecular weight excluding hydrogens is 540 g/mol. The summed E-state index contributed by atoms with van der Waals surface area (Å²) < 4.78 is 34.6. The maximum atomic E-state index is 13.6. The fraction of sp³-hybridized carbons (Fsp3) is 0.321. The van der Waals surface area contributed by atoms with Gasteiger partial charge >= 0.3 is 0 Å². The van der Waals surface area contributed by atoms with Crippen LogP contribution in [0.25, 0.3) is 0 Å². The number of hydrogen-bond donors (Lipinski definition) is 1. The van der Waals surface area contributed by atoms with Crippen LogP contribution in [0.2, 0.25) is 0 Å². The molecule has 1 atom stereocenters. The van der Waals surface area contributed by atoms with Gasteiger partial charge in [-0.25, -0.2) is 8.42 Å². The Morgan fingerprint density at radius 2 is 1.67 bits per heavy atom. The largest absolute Gasteiger partial charge is 0.494 e. The zero-order chi connectivity index (χ0) is 25.7. The summed E-state index contributed by atoms with van der Waals surface area (Å²) in [7, 11) is -3.99. The maximum Gasteiger partial charge on any atom is 0.264 e. The van der Waals surface area contributed by atoms with Gasteiger partial charge in [-0.2, -0.15) is 0 Å². The van der Waals surface area contributed by atoms with Crippen molar-refractivity contribution < 1.29 is 17.9 Å². The second kappa shape index (κ2) is 11.5. The van der Waals surface area contributed by atoms with Crippen molar-refractivity contribution in [2.24, 2.45) is 0 Å². The molecule has 0 radical (unpaired) electrons. The second-order valence-corrected chi connectivity index (χ2v) is 11.7. The highest BCUT2D eigenvalue weighted by Crippen LogP contribution is 2.28. The number of carbonyl (C=O) groups is 1. The number of benzene rings is 3. The molecule has 1 aliphatic rings. The molecule has 0 aliphatic heterocycles. The van der Waals surface area contributed by atoms with Gasteiger partial charge in [0.15, 0.2) is 0 Å². The number of nitrogens with one attached hydrogen (secondary N) is 1. The number of carbonyl (C=O) groups excluding carboxylic acids is 1. The molecule has 3 aromatic carbocycles. The molecule has 36 heavy (non-hydrogen) atoms. The predicted molar refractivity (Wildman–Crippen MR) is 146 cm³/mol. The standard InChI is InChI=1S/C28H31BrN2O4S/c1-3-35-26-14-12-25(13-15-26)31(36(33,34)27-16-10-24(29)11-17-27)19-28(32)30-20(2)22-9-8-21-6-4-5-7-23(21)18-22/h8-18,20H,3-7,19H2,1-2H3,(H,30,32)/t20-/m1/s1. The Kier molecular flexibility index (Phi) is 8.36. The number of aryl methyl sites for hydroxylation is 2. The minimum absolute atomic E-state index is 0.107. The van der Waals surface area contributed by atoms with E-state index in [1.165, 1.54) is 36.1 Å². The summed E-state index contributed by atoms with van der Waals surface area (Å²) in [6, 6.07) is 19.2. The fourth-order valence-corrected chi connectivity index (χ4v) is 6.13. The molecule has 3 aromatic rings. The minimum Gasteiger partial charge on any atom is -0.494 e. The number of fused-ring (bicyclic) bond motifs is 1. The van der Waals surface area contributed by atoms with Crippen molar-refractivity contribution in [3.63, 3.8) is 0 Å². The number of sulfonamides is 1. The van der Waals surface area contributed by atoms with Crippen molar-refractivity contribution in [3.8, 4) is 5.75 Å². The van der Waals surface area contributed by atoms with Gasteiger partial charge in [0.2, 0.25) is 5.91 Å². The van der Waals surface area contributed by atoms with Gasteiger partial charge in [-0.1, -0.05) is 34.1 Å². The molecule has 6 nitrogen and oxygen atoms in total. The summed E-state index contributed by atoms with van der Waals surface area (Å²) in [5, 5.41) is 2.99. The predicted octanol–water partition coefficient (Wildman–Crippen LogP) is 5.80. The summed E-state index contributed by atoms with van der Waals surface area (Å²) in [5.41, 5.74) is 4.13. The van der Waals surface area contributed by atoms with Gasteiger partial charge in [-0.15, -0.1) is 0 Å². The normalized spacial score (nSPS) is 14.0. The first-order chi connectivity index (χ1) is 17.3. The van der Waals surface area contributed by atoms with Crippen LogP contribution < -0.4 is 14.4 Å². The molecule has 0 heterocycles. The van der Waals surface area contributed by atoms with Crippen LogP contribution in [0.1, 0.15) is 49.4 Å². The Balaban J connectivity index is 1.57. The Bertz CT molecular complexity index is 1310. The Labute approximate surface area is 221 Å². The summed E-state index contributed by atoms with van der Waals surface area (Å²) in [6.45, 7) is 3.96. The van der Waals surface area contributed by atoms with E-state index >= 15 is 0 Å². The van der Waals surface area contributed by atoms with E-state index in [-0.39, 0.29) is 23.4 Å². The van der Waals surface area contributed by atoms with E-state index in [9.17, 15) is 13.2 Å². The van der Waals surface area contributed by atoms with Crippen molar-refractivity contribution in [1.29, 1.82) is 0 Å². The van der Waals surface area contributed by atoms with Gasteiger partial charge in [-0.3, -0.25) is 9.10 Å². The molecule has 0 spiro atoms. The molecule has 0 saturated heterocycles. The van der Waals surface area contributed by atoms with Crippen LogP contribution in [0.5, 0.6) is 5.75 Å². The molecule has 1 amide bonds. The summed E-state index contributed by atoms with van der Waals surface area (Å²) in [6.07, 6.45) is 4.55. The van der Waals surface area contributed by atoms with E-state index in [2.05, 4.69) is 39.4 Å². The lowest BCUT2D eigenvalue weighted by Crippen LogP contribution is -2.41. The van der Waals surface area contributed by atoms with Crippen LogP contribution in [-0.2, 0) is 27.7 Å². The number of anilines is 1. The van der Waals surface area contributed by atoms with Crippen LogP contribution in [0, 0.1) is 0 Å². The lowest BCUT2D eigenvalue weighted by atomic mass is 9.89. The summed E-state index contributed by atoms with van der Waals surface area (Å²) in [5.74, 6) is 0.252. The van der Waals surface area contributed by atoms with Gasteiger partial charge in [0.1, 0.15) is 12.3 Å². The molecule has 0 bridgehead atoms. The number of rotatable bonds is 9. The number of hydrogen-bond acceptors (Lipinski definition) is 4. The highest BCUT2D eigenvalue weighted by molar-refractivity contribution is 9.10. The monoisotopic (exact) mass is 570 g/mol. The SMILES string of the molecule is CCOc1ccc(N(CC(=O)N[C@H](C)c2ccc3c(c2)CCCC3)S(=O)(=O)c2ccc(Br)cc2)cc1. The maximum absolute atomic E-state index is 13.6. The van der Waals surface area contributed by atoms with E-state index in [1.807, 2.05) is 13.8 Å². The highest BCUT2D eigenvalue weighted by atomic mass is 79.9. The minimum atomic E-state index is -3.99. The van der Waals surface area contributed by atoms with Crippen molar-refractivity contribution >= 4 is 37.5 Å². The van der Waals surface area contributed by atoms with E-state index in [4.69, 9.17) is 4.74 Å². The van der Waals surface area contributed by atoms with Gasteiger partial charge in [0, 0.05) is 4.47 Å². The molecule has 0 aromatic heterocycles. The molecule has 190 valence electrons. The number of halogens is 1. The third kappa shape index (κ3) is 6.10. The molecule has 0 unspecified atom stereocenters. The lowest BCUT2D eigenvalue weighted by molar-refractivity contribution is -0.120. The first-order valence-corrected chi connectivity index (χ1v) is 14.4. The van der Waals surface area contributed by atoms with E-state index < -0.39 is 10.0 Å². The zero-order valence-electron chi connectivity index (χ0n) is 20.5. The van der Waals surface area contributed by atoms with Gasteiger partial charge < -0.3 is 10.1 Å². The first kappa shape index (κ1) is 26.2. The molecule has 1 aliphatic carbocycles. The van der Waals surface area contributed by atoms with Gasteiger partial charge in [-0.05, 0) is 105 Å². The smallest absolute Gasteiger partial charge is 0.264 e. The Morgan fingerprint density at radius 3 is 2.33 bits per heavy atom. The number of amides is 1. The molecule has 0 fully saturated rings. The van der Waals surface area contributed by atoms with Crippen LogP contribution in [0.4, 0.5) is 5.69 Å². The number of ether oxygens (including phenoxy) is 1. The highest BCUT2D eigenvalue weighted by Gasteiger charge is 2.28. The third-order valence-corrected chi connectivity index (χ3v) is 8.69. The van der Waals surface area contributed by atoms with Gasteiger partial charge in [0.25, 0.3) is 10.0 Å². The average molecular weight is 572 g/mol. The molecule has 1 N–H and O–H groups in total. The first-order valence-electron chi connectivity index (χ1n) is 12.2. The van der Waals surface area contributed by atoms with Crippen molar-refractivity contribution in [2.45, 2.75) is 50.5 Å². The quantitative estimate of drug-likeness (QED) is 0.352. The molecule has 8 heteroatoms. The van der Waals surface area contributed by atoms with Crippen LogP contribution in [-0.4, -0.2) is 27.5 Å². The van der Waals surface area contributed by atoms with E-state index in [1.54, 1.807) is 36.4 Å². The Morgan fingerprint density at radius 1 is 1.00 bits per heavy atom. The van der Waals surface area contributed by atoms with Crippen LogP contribution in [0.3, 0.4) is 0 Å². The van der Waals surface area contributed by atoms with Gasteiger partial charge in [0.05, 0.1) is 23.2 Å². The average Bonchev–Trinajstić information content (AvgIpc) is 2.88. The van der Waals surface area contributed by atoms with Crippen molar-refractivity contribution in [2.75, 3.05) is 17.5 Å². The zero-order valence-corrected chi connectivity index (χ0v) is 22.9. The van der Waals surface area contributed by atoms with Crippen molar-refractivity contribution in [3.05, 3.63) is 87.9 Å². The van der Waals surface area contributed by atoms with Crippen LogP contribution in [0.15, 0.2) is 76.1 Å². The second-order valence-electron chi connectivity index (χ2n) is 8.92. The Hall–Kier alpha value is -2.84. The van der Waals surface area contributed by atoms with E-state index in [0.717, 1.165) is 27.2 Å². The summed E-state index contributed by atoms with van der Waals surface area (Å²) >= 11 is 3.34. The third-order valence-electron chi connectivity index (χ3n) is 6.37. The summed E-state index contributed by atoms with van der Waals surface area (Å²) in [4.78, 5) is 13.3. The lowest BCUT2D eigenvalue weighted by Gasteiger charge is -2.26. The fourth-order valence-electron chi connectivity index (χ4n) is 4.45. The molecule has 0 saturated carbocycles. The van der Waals surface area contributed by atoms with E-state index in [0.29, 0.717) is 18.0 Å². The molecule has 4 rings (SSSR count).